The second-order valence-electron chi connectivity index (χ2n) is 10.6. The summed E-state index contributed by atoms with van der Waals surface area (Å²) in [4.78, 5) is 66.2. The molecule has 0 atom stereocenters. The van der Waals surface area contributed by atoms with E-state index in [1.807, 2.05) is 60.7 Å². The second kappa shape index (κ2) is 9.08. The number of rotatable bonds is 6. The highest BCUT2D eigenvalue weighted by atomic mass is 16.8. The predicted molar refractivity (Wildman–Crippen MR) is 132 cm³/mol. The van der Waals surface area contributed by atoms with Crippen LogP contribution >= 0.6 is 0 Å². The molecule has 2 aromatic rings. The summed E-state index contributed by atoms with van der Waals surface area (Å²) in [7, 11) is 0. The first-order chi connectivity index (χ1) is 18.3. The molecule has 2 aromatic carbocycles. The number of nitrogens with zero attached hydrogens (tertiary/aromatic N) is 2. The number of carbonyl (C=O) groups is 5. The van der Waals surface area contributed by atoms with E-state index in [0.717, 1.165) is 20.9 Å². The lowest BCUT2D eigenvalue weighted by Gasteiger charge is -2.53. The molecular weight excluding hydrogens is 488 g/mol. The second-order valence-corrected chi connectivity index (χ2v) is 10.6. The zero-order chi connectivity index (χ0) is 26.5. The number of imide groups is 2. The van der Waals surface area contributed by atoms with Crippen molar-refractivity contribution in [3.05, 3.63) is 71.8 Å². The molecule has 0 unspecified atom stereocenters. The number of benzene rings is 2. The average molecular weight is 517 g/mol. The van der Waals surface area contributed by atoms with E-state index >= 15 is 0 Å². The van der Waals surface area contributed by atoms with Crippen molar-refractivity contribution >= 4 is 29.8 Å². The maximum absolute atomic E-state index is 13.3. The van der Waals surface area contributed by atoms with Crippen LogP contribution in [0.3, 0.4) is 0 Å². The van der Waals surface area contributed by atoms with Gasteiger partial charge in [0, 0.05) is 51.4 Å². The Morgan fingerprint density at radius 1 is 0.579 bits per heavy atom. The molecule has 0 N–H and O–H groups in total. The summed E-state index contributed by atoms with van der Waals surface area (Å²) in [6, 6.07) is 19.3. The smallest absolute Gasteiger partial charge is 0.407 e. The third-order valence-corrected chi connectivity index (χ3v) is 8.27. The molecule has 2 heterocycles. The predicted octanol–water partition coefficient (Wildman–Crippen LogP) is 3.99. The van der Waals surface area contributed by atoms with E-state index in [1.54, 1.807) is 0 Å². The molecule has 2 aliphatic heterocycles. The Hall–Kier alpha value is -4.01. The fraction of sp³-hybridized carbons (Fsp3) is 0.414. The van der Waals surface area contributed by atoms with Gasteiger partial charge < -0.3 is 9.47 Å². The number of ether oxygens (including phenoxy) is 2. The molecule has 2 saturated carbocycles. The Kier molecular flexibility index (Phi) is 5.81. The topological polar surface area (TPSA) is 110 Å². The van der Waals surface area contributed by atoms with Gasteiger partial charge in [-0.25, -0.2) is 14.6 Å². The largest absolute Gasteiger partial charge is 0.512 e. The molecule has 4 amide bonds. The SMILES string of the molecule is O=C(OC1(N2C(=O)CCC2=O)CC(c2ccccc2)C1)OC1(N2C(=O)CCC2=O)CC(c2ccccc2)C1. The van der Waals surface area contributed by atoms with Crippen LogP contribution < -0.4 is 0 Å². The third-order valence-electron chi connectivity index (χ3n) is 8.27. The first kappa shape index (κ1) is 24.3. The van der Waals surface area contributed by atoms with Crippen molar-refractivity contribution in [3.8, 4) is 0 Å². The van der Waals surface area contributed by atoms with Gasteiger partial charge in [-0.05, 0) is 23.0 Å². The number of hydrogen-bond acceptors (Lipinski definition) is 7. The molecule has 0 bridgehead atoms. The van der Waals surface area contributed by atoms with Crippen LogP contribution in [-0.2, 0) is 28.7 Å². The molecule has 6 rings (SSSR count). The van der Waals surface area contributed by atoms with Crippen LogP contribution in [0, 0.1) is 0 Å². The lowest BCUT2D eigenvalue weighted by atomic mass is 9.71. The highest BCUT2D eigenvalue weighted by Gasteiger charge is 2.61. The molecule has 4 aliphatic rings. The van der Waals surface area contributed by atoms with Crippen LogP contribution in [0.15, 0.2) is 60.7 Å². The van der Waals surface area contributed by atoms with Crippen molar-refractivity contribution in [1.29, 1.82) is 0 Å². The number of likely N-dealkylation sites (tertiary alicyclic amines) is 2. The van der Waals surface area contributed by atoms with Gasteiger partial charge in [0.05, 0.1) is 0 Å². The van der Waals surface area contributed by atoms with E-state index in [2.05, 4.69) is 0 Å². The van der Waals surface area contributed by atoms with Crippen molar-refractivity contribution in [2.75, 3.05) is 0 Å². The highest BCUT2D eigenvalue weighted by molar-refractivity contribution is 6.03. The molecule has 9 heteroatoms. The lowest BCUT2D eigenvalue weighted by molar-refractivity contribution is -0.220. The van der Waals surface area contributed by atoms with Crippen LogP contribution in [0.2, 0.25) is 0 Å². The van der Waals surface area contributed by atoms with Gasteiger partial charge >= 0.3 is 6.16 Å². The number of amides is 4. The third kappa shape index (κ3) is 3.97. The number of carbonyl (C=O) groups excluding carboxylic acids is 5. The Morgan fingerprint density at radius 2 is 0.895 bits per heavy atom. The van der Waals surface area contributed by atoms with E-state index in [4.69, 9.17) is 9.47 Å². The zero-order valence-electron chi connectivity index (χ0n) is 20.8. The van der Waals surface area contributed by atoms with Gasteiger partial charge in [-0.2, -0.15) is 0 Å². The summed E-state index contributed by atoms with van der Waals surface area (Å²) in [5.74, 6) is -1.56. The minimum absolute atomic E-state index is 0.00735. The minimum Gasteiger partial charge on any atom is -0.407 e. The van der Waals surface area contributed by atoms with Crippen molar-refractivity contribution in [1.82, 2.24) is 9.80 Å². The van der Waals surface area contributed by atoms with Crippen molar-refractivity contribution < 1.29 is 33.4 Å². The average Bonchev–Trinajstić information content (AvgIpc) is 3.39. The molecular formula is C29H28N2O7. The molecule has 0 aromatic heterocycles. The van der Waals surface area contributed by atoms with Gasteiger partial charge in [-0.3, -0.25) is 19.2 Å². The van der Waals surface area contributed by atoms with Gasteiger partial charge in [0.15, 0.2) is 11.4 Å². The van der Waals surface area contributed by atoms with Crippen molar-refractivity contribution in [2.24, 2.45) is 0 Å². The van der Waals surface area contributed by atoms with Gasteiger partial charge in [0.25, 0.3) is 0 Å². The van der Waals surface area contributed by atoms with E-state index in [-0.39, 0.29) is 86.8 Å². The maximum atomic E-state index is 13.3. The van der Waals surface area contributed by atoms with Crippen molar-refractivity contribution in [2.45, 2.75) is 74.7 Å². The van der Waals surface area contributed by atoms with Crippen LogP contribution in [-0.4, -0.2) is 51.0 Å². The quantitative estimate of drug-likeness (QED) is 0.422. The Labute approximate surface area is 219 Å². The highest BCUT2D eigenvalue weighted by Crippen LogP contribution is 2.53. The first-order valence-electron chi connectivity index (χ1n) is 13.0. The Morgan fingerprint density at radius 3 is 1.21 bits per heavy atom. The Balaban J connectivity index is 1.24. The van der Waals surface area contributed by atoms with E-state index in [9.17, 15) is 24.0 Å². The summed E-state index contributed by atoms with van der Waals surface area (Å²) in [6.45, 7) is 0. The fourth-order valence-electron chi connectivity index (χ4n) is 6.36. The van der Waals surface area contributed by atoms with Crippen LogP contribution in [0.25, 0.3) is 0 Å². The normalized spacial score (nSPS) is 30.7. The van der Waals surface area contributed by atoms with Gasteiger partial charge in [-0.1, -0.05) is 60.7 Å². The van der Waals surface area contributed by atoms with Gasteiger partial charge in [0.1, 0.15) is 0 Å². The Bertz CT molecular complexity index is 1170. The lowest BCUT2D eigenvalue weighted by Crippen LogP contribution is -2.64. The molecule has 0 radical (unpaired) electrons. The van der Waals surface area contributed by atoms with E-state index in [0.29, 0.717) is 0 Å². The summed E-state index contributed by atoms with van der Waals surface area (Å²) in [5.41, 5.74) is -0.863. The van der Waals surface area contributed by atoms with Crippen LogP contribution in [0.4, 0.5) is 4.79 Å². The molecule has 2 aliphatic carbocycles. The van der Waals surface area contributed by atoms with E-state index < -0.39 is 17.6 Å². The monoisotopic (exact) mass is 516 g/mol. The minimum atomic E-state index is -1.45. The van der Waals surface area contributed by atoms with Gasteiger partial charge in [0.2, 0.25) is 23.6 Å². The number of hydrogen-bond donors (Lipinski definition) is 0. The van der Waals surface area contributed by atoms with Gasteiger partial charge in [-0.15, -0.1) is 0 Å². The first-order valence-corrected chi connectivity index (χ1v) is 13.0. The standard InChI is InChI=1S/C29H28N2O7/c32-23-11-12-24(33)30(23)28(15-21(16-28)19-7-3-1-4-8-19)37-27(36)38-29(31-25(34)13-14-26(31)35)17-22(18-29)20-9-5-2-6-10-20/h1-10,21-22H,11-18H2. The summed E-state index contributed by atoms with van der Waals surface area (Å²) in [5, 5.41) is 0. The van der Waals surface area contributed by atoms with Crippen molar-refractivity contribution in [3.63, 3.8) is 0 Å². The molecule has 2 saturated heterocycles. The molecule has 4 fully saturated rings. The van der Waals surface area contributed by atoms with E-state index in [1.165, 1.54) is 0 Å². The molecule has 38 heavy (non-hydrogen) atoms. The summed E-state index contributed by atoms with van der Waals surface area (Å²) in [6.07, 6.45) is 0.180. The maximum Gasteiger partial charge on any atom is 0.512 e. The fourth-order valence-corrected chi connectivity index (χ4v) is 6.36. The molecule has 9 nitrogen and oxygen atoms in total. The van der Waals surface area contributed by atoms with Crippen LogP contribution in [0.5, 0.6) is 0 Å². The zero-order valence-corrected chi connectivity index (χ0v) is 20.8. The molecule has 196 valence electrons. The summed E-state index contributed by atoms with van der Waals surface area (Å²) < 4.78 is 11.7. The molecule has 0 spiro atoms. The summed E-state index contributed by atoms with van der Waals surface area (Å²) >= 11 is 0. The van der Waals surface area contributed by atoms with Crippen LogP contribution in [0.1, 0.15) is 74.3 Å².